The van der Waals surface area contributed by atoms with Gasteiger partial charge in [-0.1, -0.05) is 12.2 Å². The average Bonchev–Trinajstić information content (AvgIpc) is 2.37. The summed E-state index contributed by atoms with van der Waals surface area (Å²) < 4.78 is 43.5. The molecule has 1 aromatic carbocycles. The molecule has 0 fully saturated rings. The number of carbonyl (C=O) groups excluding carboxylic acids is 1. The Bertz CT molecular complexity index is 655. The summed E-state index contributed by atoms with van der Waals surface area (Å²) in [6.07, 6.45) is -1.82. The van der Waals surface area contributed by atoms with E-state index in [2.05, 4.69) is 5.32 Å². The summed E-state index contributed by atoms with van der Waals surface area (Å²) in [6, 6.07) is 2.73. The third-order valence-electron chi connectivity index (χ3n) is 3.37. The van der Waals surface area contributed by atoms with Crippen molar-refractivity contribution in [2.45, 2.75) is 13.1 Å². The number of hydrogen-bond donors (Lipinski definition) is 2. The van der Waals surface area contributed by atoms with Gasteiger partial charge in [0.25, 0.3) is 0 Å². The van der Waals surface area contributed by atoms with Gasteiger partial charge in [-0.25, -0.2) is 0 Å². The highest BCUT2D eigenvalue weighted by Crippen LogP contribution is 2.36. The molecule has 124 valence electrons. The standard InChI is InChI=1S/C15H14F3NO4/c1-2-23-12-6-3-8(15(16,17)18)7-11(12)19-13(20)9-4-5-10(9)14(21)22/h3-7,9-10H,2H2,1H3,(H,19,20)(H,21,22)/t9-,10+/m1/s1. The monoisotopic (exact) mass is 329 g/mol. The van der Waals surface area contributed by atoms with E-state index in [0.717, 1.165) is 18.2 Å². The summed E-state index contributed by atoms with van der Waals surface area (Å²) in [4.78, 5) is 23.0. The zero-order valence-corrected chi connectivity index (χ0v) is 12.1. The number of carboxylic acid groups (broad SMARTS) is 1. The third-order valence-corrected chi connectivity index (χ3v) is 3.37. The number of nitrogens with one attached hydrogen (secondary N) is 1. The highest BCUT2D eigenvalue weighted by molar-refractivity contribution is 5.99. The van der Waals surface area contributed by atoms with Gasteiger partial charge in [0, 0.05) is 0 Å². The molecule has 23 heavy (non-hydrogen) atoms. The zero-order chi connectivity index (χ0) is 17.2. The number of aliphatic carboxylic acids is 1. The summed E-state index contributed by atoms with van der Waals surface area (Å²) in [5.41, 5.74) is -1.08. The van der Waals surface area contributed by atoms with Gasteiger partial charge in [-0.3, -0.25) is 9.59 Å². The quantitative estimate of drug-likeness (QED) is 0.815. The number of hydrogen-bond acceptors (Lipinski definition) is 3. The van der Waals surface area contributed by atoms with E-state index in [9.17, 15) is 22.8 Å². The van der Waals surface area contributed by atoms with Crippen LogP contribution in [-0.4, -0.2) is 23.6 Å². The predicted molar refractivity (Wildman–Crippen MR) is 75.0 cm³/mol. The molecule has 1 amide bonds. The second kappa shape index (κ2) is 6.31. The van der Waals surface area contributed by atoms with Crippen LogP contribution in [0.2, 0.25) is 0 Å². The van der Waals surface area contributed by atoms with E-state index in [1.807, 2.05) is 0 Å². The Morgan fingerprint density at radius 3 is 2.39 bits per heavy atom. The maximum Gasteiger partial charge on any atom is 0.416 e. The molecule has 0 heterocycles. The number of halogens is 3. The number of amides is 1. The Morgan fingerprint density at radius 1 is 1.26 bits per heavy atom. The van der Waals surface area contributed by atoms with Gasteiger partial charge in [-0.15, -0.1) is 0 Å². The van der Waals surface area contributed by atoms with Crippen LogP contribution in [-0.2, 0) is 15.8 Å². The molecule has 0 spiro atoms. The van der Waals surface area contributed by atoms with Crippen molar-refractivity contribution in [1.82, 2.24) is 0 Å². The zero-order valence-electron chi connectivity index (χ0n) is 12.1. The van der Waals surface area contributed by atoms with E-state index < -0.39 is 35.5 Å². The first-order valence-corrected chi connectivity index (χ1v) is 6.80. The first-order chi connectivity index (χ1) is 10.7. The predicted octanol–water partition coefficient (Wildman–Crippen LogP) is 2.93. The average molecular weight is 329 g/mol. The molecule has 2 N–H and O–H groups in total. The molecule has 0 bridgehead atoms. The van der Waals surface area contributed by atoms with Gasteiger partial charge >= 0.3 is 12.1 Å². The fraction of sp³-hybridized carbons (Fsp3) is 0.333. The number of alkyl halides is 3. The highest BCUT2D eigenvalue weighted by Gasteiger charge is 2.37. The van der Waals surface area contributed by atoms with Gasteiger partial charge in [0.05, 0.1) is 29.7 Å². The minimum absolute atomic E-state index is 0.0871. The summed E-state index contributed by atoms with van der Waals surface area (Å²) in [6.45, 7) is 1.85. The molecule has 8 heteroatoms. The molecular weight excluding hydrogens is 315 g/mol. The molecule has 5 nitrogen and oxygen atoms in total. The van der Waals surface area contributed by atoms with Crippen LogP contribution >= 0.6 is 0 Å². The van der Waals surface area contributed by atoms with Crippen LogP contribution in [0, 0.1) is 11.8 Å². The first kappa shape index (κ1) is 16.9. The van der Waals surface area contributed by atoms with Crippen molar-refractivity contribution in [2.24, 2.45) is 11.8 Å². The van der Waals surface area contributed by atoms with Crippen molar-refractivity contribution >= 4 is 17.6 Å². The van der Waals surface area contributed by atoms with Gasteiger partial charge < -0.3 is 15.2 Å². The van der Waals surface area contributed by atoms with E-state index in [4.69, 9.17) is 9.84 Å². The van der Waals surface area contributed by atoms with Crippen LogP contribution in [0.25, 0.3) is 0 Å². The van der Waals surface area contributed by atoms with Gasteiger partial charge in [-0.2, -0.15) is 13.2 Å². The largest absolute Gasteiger partial charge is 0.492 e. The van der Waals surface area contributed by atoms with Crippen LogP contribution in [0.3, 0.4) is 0 Å². The normalized spacial score (nSPS) is 19.8. The molecule has 2 rings (SSSR count). The van der Waals surface area contributed by atoms with Crippen molar-refractivity contribution in [1.29, 1.82) is 0 Å². The van der Waals surface area contributed by atoms with Gasteiger partial charge in [-0.05, 0) is 25.1 Å². The molecule has 0 aliphatic heterocycles. The molecule has 0 unspecified atom stereocenters. The van der Waals surface area contributed by atoms with Crippen LogP contribution in [0.5, 0.6) is 5.75 Å². The highest BCUT2D eigenvalue weighted by atomic mass is 19.4. The van der Waals surface area contributed by atoms with Crippen LogP contribution in [0.1, 0.15) is 12.5 Å². The van der Waals surface area contributed by atoms with Crippen molar-refractivity contribution in [3.8, 4) is 5.75 Å². The number of ether oxygens (including phenoxy) is 1. The lowest BCUT2D eigenvalue weighted by molar-refractivity contribution is -0.144. The minimum atomic E-state index is -4.57. The van der Waals surface area contributed by atoms with E-state index >= 15 is 0 Å². The maximum absolute atomic E-state index is 12.8. The Kier molecular flexibility index (Phi) is 4.63. The van der Waals surface area contributed by atoms with Crippen LogP contribution in [0.4, 0.5) is 18.9 Å². The lowest BCUT2D eigenvalue weighted by Crippen LogP contribution is -2.36. The smallest absolute Gasteiger partial charge is 0.416 e. The molecule has 1 aliphatic carbocycles. The Labute approximate surface area is 129 Å². The van der Waals surface area contributed by atoms with Gasteiger partial charge in [0.1, 0.15) is 5.75 Å². The van der Waals surface area contributed by atoms with E-state index in [-0.39, 0.29) is 18.0 Å². The van der Waals surface area contributed by atoms with Crippen molar-refractivity contribution < 1.29 is 32.6 Å². The summed E-state index contributed by atoms with van der Waals surface area (Å²) in [5, 5.41) is 11.2. The maximum atomic E-state index is 12.8. The minimum Gasteiger partial charge on any atom is -0.492 e. The Hall–Kier alpha value is -2.51. The van der Waals surface area contributed by atoms with Crippen LogP contribution < -0.4 is 10.1 Å². The number of carboxylic acids is 1. The fourth-order valence-corrected chi connectivity index (χ4v) is 2.12. The van der Waals surface area contributed by atoms with Crippen LogP contribution in [0.15, 0.2) is 30.4 Å². The SMILES string of the molecule is CCOc1ccc(C(F)(F)F)cc1NC(=O)[C@@H]1C=C[C@@H]1C(=O)O. The number of carbonyl (C=O) groups is 2. The first-order valence-electron chi connectivity index (χ1n) is 6.80. The van der Waals surface area contributed by atoms with E-state index in [1.165, 1.54) is 12.2 Å². The number of benzene rings is 1. The molecule has 0 aromatic heterocycles. The van der Waals surface area contributed by atoms with Gasteiger partial charge in [0.15, 0.2) is 0 Å². The molecule has 0 saturated carbocycles. The van der Waals surface area contributed by atoms with Crippen molar-refractivity contribution in [3.05, 3.63) is 35.9 Å². The molecule has 1 aliphatic rings. The van der Waals surface area contributed by atoms with E-state index in [0.29, 0.717) is 0 Å². The second-order valence-electron chi connectivity index (χ2n) is 4.91. The summed E-state index contributed by atoms with van der Waals surface area (Å²) in [7, 11) is 0. The fourth-order valence-electron chi connectivity index (χ4n) is 2.12. The van der Waals surface area contributed by atoms with E-state index in [1.54, 1.807) is 6.92 Å². The molecule has 0 radical (unpaired) electrons. The lowest BCUT2D eigenvalue weighted by Gasteiger charge is -2.25. The number of anilines is 1. The topological polar surface area (TPSA) is 75.6 Å². The molecular formula is C15H14F3NO4. The summed E-state index contributed by atoms with van der Waals surface area (Å²) >= 11 is 0. The van der Waals surface area contributed by atoms with Gasteiger partial charge in [0.2, 0.25) is 5.91 Å². The number of rotatable bonds is 5. The molecule has 0 saturated heterocycles. The summed E-state index contributed by atoms with van der Waals surface area (Å²) in [5.74, 6) is -3.67. The third kappa shape index (κ3) is 3.64. The van der Waals surface area contributed by atoms with Crippen molar-refractivity contribution in [3.63, 3.8) is 0 Å². The lowest BCUT2D eigenvalue weighted by atomic mass is 9.81. The Morgan fingerprint density at radius 2 is 1.91 bits per heavy atom. The molecule has 2 atom stereocenters. The Balaban J connectivity index is 2.25. The second-order valence-corrected chi connectivity index (χ2v) is 4.91. The molecule has 1 aromatic rings. The van der Waals surface area contributed by atoms with Crippen molar-refractivity contribution in [2.75, 3.05) is 11.9 Å².